The van der Waals surface area contributed by atoms with E-state index in [1.165, 1.54) is 6.07 Å². The molecule has 0 bridgehead atoms. The highest BCUT2D eigenvalue weighted by Crippen LogP contribution is 2.31. The first-order valence-electron chi connectivity index (χ1n) is 7.54. The Hall–Kier alpha value is -0.780. The number of hydrogen-bond acceptors (Lipinski definition) is 3. The lowest BCUT2D eigenvalue weighted by molar-refractivity contribution is 0.298. The molecule has 0 aliphatic rings. The van der Waals surface area contributed by atoms with Gasteiger partial charge in [-0.15, -0.1) is 0 Å². The van der Waals surface area contributed by atoms with Gasteiger partial charge < -0.3 is 4.74 Å². The van der Waals surface area contributed by atoms with Gasteiger partial charge >= 0.3 is 0 Å². The van der Waals surface area contributed by atoms with E-state index in [1.807, 2.05) is 6.92 Å². The minimum atomic E-state index is -3.69. The molecule has 0 heterocycles. The van der Waals surface area contributed by atoms with Crippen molar-refractivity contribution in [3.05, 3.63) is 22.7 Å². The zero-order chi connectivity index (χ0) is 17.0. The van der Waals surface area contributed by atoms with Gasteiger partial charge in [-0.1, -0.05) is 31.4 Å². The number of benzene rings is 1. The first-order chi connectivity index (χ1) is 10.1. The van der Waals surface area contributed by atoms with E-state index in [9.17, 15) is 8.42 Å². The molecule has 0 atom stereocenters. The van der Waals surface area contributed by atoms with Crippen LogP contribution < -0.4 is 9.46 Å². The molecule has 4 nitrogen and oxygen atoms in total. The Bertz CT molecular complexity index is 607. The quantitative estimate of drug-likeness (QED) is 0.748. The highest BCUT2D eigenvalue weighted by atomic mass is 35.5. The Morgan fingerprint density at radius 3 is 2.41 bits per heavy atom. The maximum atomic E-state index is 12.6. The summed E-state index contributed by atoms with van der Waals surface area (Å²) in [6.07, 6.45) is 3.03. The van der Waals surface area contributed by atoms with Crippen LogP contribution in [-0.2, 0) is 10.0 Å². The first-order valence-corrected chi connectivity index (χ1v) is 9.40. The molecule has 1 rings (SSSR count). The molecule has 0 unspecified atom stereocenters. The lowest BCUT2D eigenvalue weighted by Gasteiger charge is -2.22. The molecule has 0 aliphatic carbocycles. The second kappa shape index (κ2) is 7.66. The molecule has 0 aromatic heterocycles. The van der Waals surface area contributed by atoms with Crippen molar-refractivity contribution in [1.82, 2.24) is 4.72 Å². The molecular weight excluding hydrogens is 322 g/mol. The number of rotatable bonds is 7. The third-order valence-corrected chi connectivity index (χ3v) is 5.15. The first kappa shape index (κ1) is 19.3. The number of ether oxygens (including phenoxy) is 1. The van der Waals surface area contributed by atoms with E-state index in [2.05, 4.69) is 11.6 Å². The van der Waals surface area contributed by atoms with Crippen LogP contribution in [0.4, 0.5) is 0 Å². The Morgan fingerprint density at radius 2 is 1.86 bits per heavy atom. The highest BCUT2D eigenvalue weighted by Gasteiger charge is 2.26. The number of halogens is 1. The van der Waals surface area contributed by atoms with Crippen LogP contribution >= 0.6 is 11.6 Å². The Kier molecular flexibility index (Phi) is 6.71. The average Bonchev–Trinajstić information content (AvgIpc) is 2.35. The van der Waals surface area contributed by atoms with Gasteiger partial charge in [-0.05, 0) is 51.8 Å². The van der Waals surface area contributed by atoms with Crippen molar-refractivity contribution in [2.24, 2.45) is 0 Å². The summed E-state index contributed by atoms with van der Waals surface area (Å²) in [5.74, 6) is 0.356. The van der Waals surface area contributed by atoms with Crippen LogP contribution in [0.3, 0.4) is 0 Å². The monoisotopic (exact) mass is 347 g/mol. The van der Waals surface area contributed by atoms with Gasteiger partial charge in [0, 0.05) is 10.6 Å². The molecule has 126 valence electrons. The van der Waals surface area contributed by atoms with Gasteiger partial charge in [-0.2, -0.15) is 0 Å². The summed E-state index contributed by atoms with van der Waals surface area (Å²) >= 11 is 6.10. The van der Waals surface area contributed by atoms with Gasteiger partial charge in [0.2, 0.25) is 10.0 Å². The standard InChI is InChI=1S/C16H26ClNO3S/c1-6-7-8-9-21-14-10-12(2)13(17)11-15(14)22(19,20)18-16(3,4)5/h10-11,18H,6-9H2,1-5H3. The lowest BCUT2D eigenvalue weighted by Crippen LogP contribution is -2.40. The van der Waals surface area contributed by atoms with Crippen molar-refractivity contribution in [3.63, 3.8) is 0 Å². The smallest absolute Gasteiger partial charge is 0.244 e. The summed E-state index contributed by atoms with van der Waals surface area (Å²) in [4.78, 5) is 0.0922. The number of nitrogens with one attached hydrogen (secondary N) is 1. The molecular formula is C16H26ClNO3S. The summed E-state index contributed by atoms with van der Waals surface area (Å²) in [6.45, 7) is 9.81. The molecule has 0 fully saturated rings. The highest BCUT2D eigenvalue weighted by molar-refractivity contribution is 7.89. The fraction of sp³-hybridized carbons (Fsp3) is 0.625. The predicted molar refractivity (Wildman–Crippen MR) is 91.3 cm³/mol. The van der Waals surface area contributed by atoms with Gasteiger partial charge in [0.05, 0.1) is 6.61 Å². The minimum absolute atomic E-state index is 0.0922. The molecule has 0 aliphatic heterocycles. The second-order valence-electron chi connectivity index (χ2n) is 6.46. The molecule has 0 amide bonds. The van der Waals surface area contributed by atoms with E-state index in [0.29, 0.717) is 17.4 Å². The lowest BCUT2D eigenvalue weighted by atomic mass is 10.1. The topological polar surface area (TPSA) is 55.4 Å². The summed E-state index contributed by atoms with van der Waals surface area (Å²) in [5.41, 5.74) is 0.220. The summed E-state index contributed by atoms with van der Waals surface area (Å²) in [6, 6.07) is 3.14. The van der Waals surface area contributed by atoms with E-state index < -0.39 is 15.6 Å². The number of unbranched alkanes of at least 4 members (excludes halogenated alkanes) is 2. The summed E-state index contributed by atoms with van der Waals surface area (Å²) < 4.78 is 33.5. The molecule has 0 saturated carbocycles. The fourth-order valence-electron chi connectivity index (χ4n) is 1.95. The Balaban J connectivity index is 3.13. The van der Waals surface area contributed by atoms with Crippen LogP contribution in [0.15, 0.2) is 17.0 Å². The molecule has 0 saturated heterocycles. The number of sulfonamides is 1. The van der Waals surface area contributed by atoms with Crippen molar-refractivity contribution in [1.29, 1.82) is 0 Å². The van der Waals surface area contributed by atoms with Crippen molar-refractivity contribution in [2.75, 3.05) is 6.61 Å². The van der Waals surface area contributed by atoms with Crippen molar-refractivity contribution < 1.29 is 13.2 Å². The maximum absolute atomic E-state index is 12.6. The summed E-state index contributed by atoms with van der Waals surface area (Å²) in [7, 11) is -3.69. The average molecular weight is 348 g/mol. The van der Waals surface area contributed by atoms with Crippen LogP contribution in [0.25, 0.3) is 0 Å². The molecule has 1 aromatic rings. The Morgan fingerprint density at radius 1 is 1.23 bits per heavy atom. The predicted octanol–water partition coefficient (Wildman–Crippen LogP) is 4.29. The van der Waals surface area contributed by atoms with Gasteiger partial charge in [-0.25, -0.2) is 13.1 Å². The Labute approximate surface area is 139 Å². The fourth-order valence-corrected chi connectivity index (χ4v) is 3.75. The maximum Gasteiger partial charge on any atom is 0.244 e. The van der Waals surface area contributed by atoms with Crippen LogP contribution in [-0.4, -0.2) is 20.6 Å². The third-order valence-electron chi connectivity index (χ3n) is 2.96. The van der Waals surface area contributed by atoms with Crippen molar-refractivity contribution in [3.8, 4) is 5.75 Å². The van der Waals surface area contributed by atoms with Gasteiger partial charge in [0.15, 0.2) is 0 Å². The SMILES string of the molecule is CCCCCOc1cc(C)c(Cl)cc1S(=O)(=O)NC(C)(C)C. The van der Waals surface area contributed by atoms with E-state index in [1.54, 1.807) is 26.8 Å². The molecule has 0 radical (unpaired) electrons. The number of aryl methyl sites for hydroxylation is 1. The second-order valence-corrected chi connectivity index (χ2v) is 8.52. The largest absolute Gasteiger partial charge is 0.492 e. The zero-order valence-corrected chi connectivity index (χ0v) is 15.6. The van der Waals surface area contributed by atoms with Crippen molar-refractivity contribution >= 4 is 21.6 Å². The normalized spacial score (nSPS) is 12.5. The van der Waals surface area contributed by atoms with Crippen molar-refractivity contribution in [2.45, 2.75) is 64.3 Å². The van der Waals surface area contributed by atoms with Crippen LogP contribution in [0, 0.1) is 6.92 Å². The van der Waals surface area contributed by atoms with Gasteiger partial charge in [0.25, 0.3) is 0 Å². The van der Waals surface area contributed by atoms with E-state index in [0.717, 1.165) is 24.8 Å². The van der Waals surface area contributed by atoms with Crippen LogP contribution in [0.2, 0.25) is 5.02 Å². The molecule has 1 N–H and O–H groups in total. The van der Waals surface area contributed by atoms with E-state index in [-0.39, 0.29) is 4.90 Å². The van der Waals surface area contributed by atoms with Crippen LogP contribution in [0.5, 0.6) is 5.75 Å². The zero-order valence-electron chi connectivity index (χ0n) is 14.0. The van der Waals surface area contributed by atoms with E-state index >= 15 is 0 Å². The van der Waals surface area contributed by atoms with E-state index in [4.69, 9.17) is 16.3 Å². The summed E-state index contributed by atoms with van der Waals surface area (Å²) in [5, 5.41) is 0.412. The number of hydrogen-bond donors (Lipinski definition) is 1. The van der Waals surface area contributed by atoms with Gasteiger partial charge in [0.1, 0.15) is 10.6 Å². The molecule has 0 spiro atoms. The molecule has 6 heteroatoms. The minimum Gasteiger partial charge on any atom is -0.492 e. The van der Waals surface area contributed by atoms with Crippen LogP contribution in [0.1, 0.15) is 52.5 Å². The molecule has 1 aromatic carbocycles. The third kappa shape index (κ3) is 5.78. The van der Waals surface area contributed by atoms with Gasteiger partial charge in [-0.3, -0.25) is 0 Å². The molecule has 22 heavy (non-hydrogen) atoms.